The molecular weight excluding hydrogens is 428 g/mol. The zero-order valence-electron chi connectivity index (χ0n) is 20.6. The van der Waals surface area contributed by atoms with Gasteiger partial charge < -0.3 is 28.7 Å². The summed E-state index contributed by atoms with van der Waals surface area (Å²) in [6.07, 6.45) is 4.97. The van der Waals surface area contributed by atoms with Crippen LogP contribution in [0.15, 0.2) is 36.4 Å². The fourth-order valence-corrected chi connectivity index (χ4v) is 4.75. The van der Waals surface area contributed by atoms with Crippen LogP contribution < -0.4 is 19.3 Å². The van der Waals surface area contributed by atoms with Crippen LogP contribution in [0.1, 0.15) is 37.8 Å². The summed E-state index contributed by atoms with van der Waals surface area (Å²) in [4.78, 5) is 5.09. The van der Waals surface area contributed by atoms with Gasteiger partial charge in [0, 0.05) is 37.6 Å². The molecule has 3 heterocycles. The Morgan fingerprint density at radius 3 is 1.47 bits per heavy atom. The molecular formula is C28H38N2O4. The second kappa shape index (κ2) is 10.9. The topological polar surface area (TPSA) is 50.0 Å². The van der Waals surface area contributed by atoms with Crippen LogP contribution in [-0.2, 0) is 22.3 Å². The predicted molar refractivity (Wildman–Crippen MR) is 136 cm³/mol. The molecule has 0 radical (unpaired) electrons. The molecule has 0 aliphatic carbocycles. The lowest BCUT2D eigenvalue weighted by Crippen LogP contribution is -2.47. The van der Waals surface area contributed by atoms with Gasteiger partial charge in [-0.3, -0.25) is 0 Å². The molecule has 3 aliphatic heterocycles. The SMILES string of the molecule is CCCc1cc(OCC2CO2)ccc1N1CCN(c2ccc(OCC3CO3)cc2CCC)CC1. The number of hydrogen-bond acceptors (Lipinski definition) is 6. The van der Waals surface area contributed by atoms with Gasteiger partial charge in [0.2, 0.25) is 0 Å². The summed E-state index contributed by atoms with van der Waals surface area (Å²) in [6.45, 7) is 11.5. The predicted octanol–water partition coefficient (Wildman–Crippen LogP) is 4.47. The second-order valence-corrected chi connectivity index (χ2v) is 9.59. The summed E-state index contributed by atoms with van der Waals surface area (Å²) in [5, 5.41) is 0. The van der Waals surface area contributed by atoms with Gasteiger partial charge in [-0.15, -0.1) is 0 Å². The van der Waals surface area contributed by atoms with Crippen LogP contribution in [-0.4, -0.2) is 64.8 Å². The summed E-state index contributed by atoms with van der Waals surface area (Å²) >= 11 is 0. The summed E-state index contributed by atoms with van der Waals surface area (Å²) in [5.74, 6) is 1.92. The number of anilines is 2. The maximum atomic E-state index is 5.94. The van der Waals surface area contributed by atoms with Crippen LogP contribution in [0.5, 0.6) is 11.5 Å². The van der Waals surface area contributed by atoms with E-state index in [2.05, 4.69) is 60.0 Å². The Labute approximate surface area is 203 Å². The van der Waals surface area contributed by atoms with E-state index >= 15 is 0 Å². The van der Waals surface area contributed by atoms with Gasteiger partial charge in [0.15, 0.2) is 0 Å². The van der Waals surface area contributed by atoms with Crippen LogP contribution >= 0.6 is 0 Å². The molecule has 184 valence electrons. The molecule has 3 fully saturated rings. The number of aryl methyl sites for hydroxylation is 2. The van der Waals surface area contributed by atoms with E-state index in [1.54, 1.807) is 0 Å². The van der Waals surface area contributed by atoms with Gasteiger partial charge in [0.05, 0.1) is 13.2 Å². The molecule has 0 spiro atoms. The molecule has 0 bridgehead atoms. The van der Waals surface area contributed by atoms with Gasteiger partial charge in [-0.2, -0.15) is 0 Å². The zero-order chi connectivity index (χ0) is 23.3. The quantitative estimate of drug-likeness (QED) is 0.430. The van der Waals surface area contributed by atoms with Crippen molar-refractivity contribution in [3.63, 3.8) is 0 Å². The molecule has 2 aromatic carbocycles. The molecule has 5 rings (SSSR count). The zero-order valence-corrected chi connectivity index (χ0v) is 20.6. The van der Waals surface area contributed by atoms with Crippen molar-refractivity contribution in [3.05, 3.63) is 47.5 Å². The molecule has 0 saturated carbocycles. The minimum atomic E-state index is 0.285. The lowest BCUT2D eigenvalue weighted by molar-refractivity contribution is 0.263. The minimum absolute atomic E-state index is 0.285. The normalized spacial score (nSPS) is 21.5. The van der Waals surface area contributed by atoms with Gasteiger partial charge in [-0.25, -0.2) is 0 Å². The van der Waals surface area contributed by atoms with Crippen molar-refractivity contribution in [2.24, 2.45) is 0 Å². The fourth-order valence-electron chi connectivity index (χ4n) is 4.75. The number of nitrogens with zero attached hydrogens (tertiary/aromatic N) is 2. The van der Waals surface area contributed by atoms with Crippen molar-refractivity contribution in [2.75, 3.05) is 62.4 Å². The van der Waals surface area contributed by atoms with Crippen LogP contribution in [0.4, 0.5) is 11.4 Å². The number of ether oxygens (including phenoxy) is 4. The van der Waals surface area contributed by atoms with Gasteiger partial charge in [0.1, 0.15) is 36.9 Å². The summed E-state index contributed by atoms with van der Waals surface area (Å²) < 4.78 is 22.4. The second-order valence-electron chi connectivity index (χ2n) is 9.59. The Bertz CT molecular complexity index is 872. The first-order chi connectivity index (χ1) is 16.7. The highest BCUT2D eigenvalue weighted by molar-refractivity contribution is 5.60. The summed E-state index contributed by atoms with van der Waals surface area (Å²) in [5.41, 5.74) is 5.49. The first-order valence-corrected chi connectivity index (χ1v) is 13.0. The van der Waals surface area contributed by atoms with E-state index in [0.29, 0.717) is 13.2 Å². The van der Waals surface area contributed by atoms with E-state index in [1.165, 1.54) is 22.5 Å². The van der Waals surface area contributed by atoms with Gasteiger partial charge in [-0.05, 0) is 60.4 Å². The van der Waals surface area contributed by atoms with E-state index in [9.17, 15) is 0 Å². The van der Waals surface area contributed by atoms with E-state index in [0.717, 1.165) is 76.6 Å². The molecule has 0 aromatic heterocycles. The Morgan fingerprint density at radius 2 is 1.12 bits per heavy atom. The summed E-state index contributed by atoms with van der Waals surface area (Å²) in [7, 11) is 0. The Balaban J connectivity index is 1.23. The van der Waals surface area contributed by atoms with Gasteiger partial charge in [-0.1, -0.05) is 26.7 Å². The van der Waals surface area contributed by atoms with Crippen LogP contribution in [0.3, 0.4) is 0 Å². The molecule has 0 N–H and O–H groups in total. The summed E-state index contributed by atoms with van der Waals surface area (Å²) in [6, 6.07) is 13.2. The molecule has 34 heavy (non-hydrogen) atoms. The van der Waals surface area contributed by atoms with E-state index in [-0.39, 0.29) is 12.2 Å². The largest absolute Gasteiger partial charge is 0.491 e. The van der Waals surface area contributed by atoms with Gasteiger partial charge in [0.25, 0.3) is 0 Å². The van der Waals surface area contributed by atoms with Crippen molar-refractivity contribution in [3.8, 4) is 11.5 Å². The Hall–Kier alpha value is -2.44. The van der Waals surface area contributed by atoms with Crippen LogP contribution in [0.2, 0.25) is 0 Å². The third-order valence-electron chi connectivity index (χ3n) is 6.78. The number of benzene rings is 2. The first-order valence-electron chi connectivity index (χ1n) is 13.0. The Kier molecular flexibility index (Phi) is 7.45. The molecule has 3 saturated heterocycles. The third-order valence-corrected chi connectivity index (χ3v) is 6.78. The van der Waals surface area contributed by atoms with Gasteiger partial charge >= 0.3 is 0 Å². The van der Waals surface area contributed by atoms with Crippen molar-refractivity contribution in [1.82, 2.24) is 0 Å². The Morgan fingerprint density at radius 1 is 0.706 bits per heavy atom. The van der Waals surface area contributed by atoms with E-state index in [1.807, 2.05) is 0 Å². The molecule has 6 heteroatoms. The maximum absolute atomic E-state index is 5.94. The fraction of sp³-hybridized carbons (Fsp3) is 0.571. The molecule has 3 aliphatic rings. The van der Waals surface area contributed by atoms with Crippen molar-refractivity contribution in [2.45, 2.75) is 51.7 Å². The maximum Gasteiger partial charge on any atom is 0.119 e. The molecule has 2 unspecified atom stereocenters. The highest BCUT2D eigenvalue weighted by Gasteiger charge is 2.25. The molecule has 2 atom stereocenters. The lowest BCUT2D eigenvalue weighted by atomic mass is 10.0. The highest BCUT2D eigenvalue weighted by Crippen LogP contribution is 2.32. The average molecular weight is 467 g/mol. The van der Waals surface area contributed by atoms with Crippen molar-refractivity contribution < 1.29 is 18.9 Å². The molecule has 6 nitrogen and oxygen atoms in total. The lowest BCUT2D eigenvalue weighted by Gasteiger charge is -2.39. The first kappa shape index (κ1) is 23.3. The molecule has 2 aromatic rings. The van der Waals surface area contributed by atoms with E-state index < -0.39 is 0 Å². The molecule has 0 amide bonds. The highest BCUT2D eigenvalue weighted by atomic mass is 16.6. The number of hydrogen-bond donors (Lipinski definition) is 0. The number of piperazine rings is 1. The standard InChI is InChI=1S/C28H38N2O4/c1-3-5-21-15-23(31-17-25-19-33-25)7-9-27(21)29-11-13-30(14-12-29)28-10-8-24(16-22(28)6-4-2)32-18-26-20-34-26/h7-10,15-16,25-26H,3-6,11-14,17-20H2,1-2H3. The number of rotatable bonds is 12. The van der Waals surface area contributed by atoms with Crippen LogP contribution in [0.25, 0.3) is 0 Å². The number of epoxide rings is 2. The van der Waals surface area contributed by atoms with Crippen molar-refractivity contribution in [1.29, 1.82) is 0 Å². The van der Waals surface area contributed by atoms with Crippen molar-refractivity contribution >= 4 is 11.4 Å². The van der Waals surface area contributed by atoms with E-state index in [4.69, 9.17) is 18.9 Å². The van der Waals surface area contributed by atoms with Crippen LogP contribution in [0, 0.1) is 0 Å². The average Bonchev–Trinajstić information content (AvgIpc) is 3.78. The third kappa shape index (κ3) is 5.97. The monoisotopic (exact) mass is 466 g/mol. The smallest absolute Gasteiger partial charge is 0.119 e. The minimum Gasteiger partial charge on any atom is -0.491 e.